The van der Waals surface area contributed by atoms with Gasteiger partial charge in [0.2, 0.25) is 6.79 Å². The molecule has 0 bridgehead atoms. The Bertz CT molecular complexity index is 820. The molecule has 3 aliphatic rings. The third-order valence-corrected chi connectivity index (χ3v) is 5.16. The first-order valence-corrected chi connectivity index (χ1v) is 7.86. The number of aromatic hydroxyl groups is 1. The monoisotopic (exact) mass is 313 g/mol. The van der Waals surface area contributed by atoms with Crippen molar-refractivity contribution in [2.75, 3.05) is 13.3 Å². The zero-order valence-corrected chi connectivity index (χ0v) is 12.5. The van der Waals surface area contributed by atoms with Crippen molar-refractivity contribution in [1.29, 1.82) is 0 Å². The topological polar surface area (TPSA) is 41.9 Å². The molecule has 3 heterocycles. The molecule has 3 aliphatic heterocycles. The van der Waals surface area contributed by atoms with Crippen LogP contribution >= 0.6 is 0 Å². The Labute approximate surface area is 133 Å². The number of hydrogen-bond acceptors (Lipinski definition) is 4. The van der Waals surface area contributed by atoms with Gasteiger partial charge in [-0.1, -0.05) is 0 Å². The molecular weight excluding hydrogens is 297 g/mol. The van der Waals surface area contributed by atoms with Gasteiger partial charge in [0.25, 0.3) is 0 Å². The number of hydrogen-bond donors (Lipinski definition) is 1. The molecule has 0 fully saturated rings. The van der Waals surface area contributed by atoms with Crippen LogP contribution < -0.4 is 9.47 Å². The Hall–Kier alpha value is -2.27. The second kappa shape index (κ2) is 4.61. The third-order valence-electron chi connectivity index (χ3n) is 5.16. The van der Waals surface area contributed by atoms with Crippen molar-refractivity contribution in [1.82, 2.24) is 4.90 Å². The lowest BCUT2D eigenvalue weighted by molar-refractivity contribution is 0.160. The maximum absolute atomic E-state index is 13.6. The lowest BCUT2D eigenvalue weighted by atomic mass is 9.84. The van der Waals surface area contributed by atoms with Crippen LogP contribution in [0.15, 0.2) is 24.3 Å². The van der Waals surface area contributed by atoms with Gasteiger partial charge in [-0.15, -0.1) is 0 Å². The summed E-state index contributed by atoms with van der Waals surface area (Å²) in [5, 5.41) is 9.76. The van der Waals surface area contributed by atoms with E-state index in [1.54, 1.807) is 6.07 Å². The number of rotatable bonds is 0. The number of ether oxygens (including phenoxy) is 2. The zero-order chi connectivity index (χ0) is 15.6. The van der Waals surface area contributed by atoms with E-state index in [-0.39, 0.29) is 18.6 Å². The van der Waals surface area contributed by atoms with E-state index in [1.807, 2.05) is 0 Å². The summed E-state index contributed by atoms with van der Waals surface area (Å²) < 4.78 is 24.6. The minimum absolute atomic E-state index is 0.179. The molecule has 23 heavy (non-hydrogen) atoms. The molecule has 0 saturated heterocycles. The van der Waals surface area contributed by atoms with E-state index >= 15 is 0 Å². The van der Waals surface area contributed by atoms with E-state index in [1.165, 1.54) is 17.2 Å². The molecular formula is C18H16FNO3. The molecule has 0 unspecified atom stereocenters. The second-order valence-corrected chi connectivity index (χ2v) is 6.42. The highest BCUT2D eigenvalue weighted by atomic mass is 19.1. The highest BCUT2D eigenvalue weighted by molar-refractivity contribution is 5.51. The predicted octanol–water partition coefficient (Wildman–Crippen LogP) is 2.92. The van der Waals surface area contributed by atoms with Gasteiger partial charge < -0.3 is 14.6 Å². The Kier molecular flexibility index (Phi) is 2.65. The molecule has 0 amide bonds. The number of benzene rings is 2. The first-order valence-electron chi connectivity index (χ1n) is 7.86. The number of phenols is 1. The van der Waals surface area contributed by atoms with Crippen LogP contribution in [0.1, 0.15) is 28.3 Å². The molecule has 4 nitrogen and oxygen atoms in total. The first kappa shape index (κ1) is 13.2. The molecule has 0 aromatic heterocycles. The Balaban J connectivity index is 1.58. The van der Waals surface area contributed by atoms with Crippen LogP contribution in [0.25, 0.3) is 0 Å². The van der Waals surface area contributed by atoms with Gasteiger partial charge in [0.1, 0.15) is 0 Å². The lowest BCUT2D eigenvalue weighted by Crippen LogP contribution is -2.39. The summed E-state index contributed by atoms with van der Waals surface area (Å²) in [6.45, 7) is 2.02. The molecule has 0 spiro atoms. The standard InChI is InChI=1S/C18H16FNO3/c19-14-3-10-1-2-20-8-12-6-18-17(22-9-23-18)5-11(12)4-15(20)13(10)7-16(14)21/h3,5-7,15,21H,1-2,4,8-9H2/t15-/m0/s1. The summed E-state index contributed by atoms with van der Waals surface area (Å²) in [6, 6.07) is 7.40. The summed E-state index contributed by atoms with van der Waals surface area (Å²) in [5.41, 5.74) is 4.55. The second-order valence-electron chi connectivity index (χ2n) is 6.42. The Morgan fingerprint density at radius 3 is 2.65 bits per heavy atom. The van der Waals surface area contributed by atoms with Gasteiger partial charge in [-0.25, -0.2) is 4.39 Å². The van der Waals surface area contributed by atoms with Crippen molar-refractivity contribution in [2.24, 2.45) is 0 Å². The molecule has 2 aromatic carbocycles. The molecule has 118 valence electrons. The zero-order valence-electron chi connectivity index (χ0n) is 12.5. The van der Waals surface area contributed by atoms with Crippen LogP contribution in [-0.2, 0) is 19.4 Å². The van der Waals surface area contributed by atoms with E-state index in [2.05, 4.69) is 17.0 Å². The van der Waals surface area contributed by atoms with Crippen LogP contribution in [0, 0.1) is 5.82 Å². The van der Waals surface area contributed by atoms with Gasteiger partial charge in [-0.2, -0.15) is 0 Å². The average molecular weight is 313 g/mol. The predicted molar refractivity (Wildman–Crippen MR) is 81.2 cm³/mol. The van der Waals surface area contributed by atoms with Crippen molar-refractivity contribution in [2.45, 2.75) is 25.4 Å². The normalized spacial score (nSPS) is 21.5. The van der Waals surface area contributed by atoms with E-state index in [4.69, 9.17) is 9.47 Å². The van der Waals surface area contributed by atoms with Crippen molar-refractivity contribution in [3.8, 4) is 17.2 Å². The van der Waals surface area contributed by atoms with Crippen LogP contribution in [0.3, 0.4) is 0 Å². The average Bonchev–Trinajstić information content (AvgIpc) is 2.99. The Morgan fingerprint density at radius 1 is 1.04 bits per heavy atom. The summed E-state index contributed by atoms with van der Waals surface area (Å²) in [7, 11) is 0. The molecule has 2 aromatic rings. The molecule has 0 aliphatic carbocycles. The van der Waals surface area contributed by atoms with Crippen LogP contribution in [-0.4, -0.2) is 23.3 Å². The molecule has 0 saturated carbocycles. The van der Waals surface area contributed by atoms with Crippen molar-refractivity contribution < 1.29 is 19.0 Å². The molecule has 5 rings (SSSR count). The van der Waals surface area contributed by atoms with Crippen LogP contribution in [0.2, 0.25) is 0 Å². The summed E-state index contributed by atoms with van der Waals surface area (Å²) in [4.78, 5) is 2.39. The lowest BCUT2D eigenvalue weighted by Gasteiger charge is -2.41. The minimum atomic E-state index is -0.531. The largest absolute Gasteiger partial charge is 0.505 e. The fraction of sp³-hybridized carbons (Fsp3) is 0.333. The van der Waals surface area contributed by atoms with Gasteiger partial charge in [-0.3, -0.25) is 4.90 Å². The van der Waals surface area contributed by atoms with Crippen molar-refractivity contribution in [3.63, 3.8) is 0 Å². The minimum Gasteiger partial charge on any atom is -0.505 e. The number of halogens is 1. The number of fused-ring (bicyclic) bond motifs is 5. The quantitative estimate of drug-likeness (QED) is 0.812. The van der Waals surface area contributed by atoms with E-state index in [9.17, 15) is 9.50 Å². The summed E-state index contributed by atoms with van der Waals surface area (Å²) in [6.07, 6.45) is 1.65. The third kappa shape index (κ3) is 1.93. The molecule has 0 radical (unpaired) electrons. The van der Waals surface area contributed by atoms with E-state index < -0.39 is 5.82 Å². The maximum Gasteiger partial charge on any atom is 0.231 e. The maximum atomic E-state index is 13.6. The molecule has 1 N–H and O–H groups in total. The SMILES string of the molecule is Oc1cc2c(cc1F)CCN1Cc3cc4c(cc3C[C@@H]21)OCO4. The van der Waals surface area contributed by atoms with Crippen LogP contribution in [0.5, 0.6) is 17.2 Å². The smallest absolute Gasteiger partial charge is 0.231 e. The Morgan fingerprint density at radius 2 is 1.83 bits per heavy atom. The van der Waals surface area contributed by atoms with Crippen molar-refractivity contribution >= 4 is 0 Å². The van der Waals surface area contributed by atoms with Crippen LogP contribution in [0.4, 0.5) is 4.39 Å². The fourth-order valence-electron chi connectivity index (χ4n) is 3.98. The van der Waals surface area contributed by atoms with Gasteiger partial charge in [0.15, 0.2) is 23.1 Å². The highest BCUT2D eigenvalue weighted by Crippen LogP contribution is 2.43. The van der Waals surface area contributed by atoms with Gasteiger partial charge in [0.05, 0.1) is 0 Å². The van der Waals surface area contributed by atoms with Gasteiger partial charge in [-0.05, 0) is 59.4 Å². The van der Waals surface area contributed by atoms with Crippen molar-refractivity contribution in [3.05, 3.63) is 52.3 Å². The molecule has 1 atom stereocenters. The first-order chi connectivity index (χ1) is 11.2. The van der Waals surface area contributed by atoms with Gasteiger partial charge >= 0.3 is 0 Å². The van der Waals surface area contributed by atoms with E-state index in [0.717, 1.165) is 48.6 Å². The van der Waals surface area contributed by atoms with E-state index in [0.29, 0.717) is 0 Å². The van der Waals surface area contributed by atoms with Gasteiger partial charge in [0, 0.05) is 19.1 Å². The highest BCUT2D eigenvalue weighted by Gasteiger charge is 2.34. The summed E-state index contributed by atoms with van der Waals surface area (Å²) >= 11 is 0. The fourth-order valence-corrected chi connectivity index (χ4v) is 3.98. The number of phenolic OH excluding ortho intramolecular Hbond substituents is 1. The summed E-state index contributed by atoms with van der Waals surface area (Å²) in [5.74, 6) is 0.827. The molecule has 5 heteroatoms. The number of nitrogens with zero attached hydrogens (tertiary/aromatic N) is 1.